The molecule has 2 N–H and O–H groups in total. The minimum Gasteiger partial charge on any atom is -0.481 e. The molecule has 0 aromatic carbocycles. The second-order valence-electron chi connectivity index (χ2n) is 8.46. The first kappa shape index (κ1) is 26.4. The summed E-state index contributed by atoms with van der Waals surface area (Å²) in [6.45, 7) is 10.8. The molecule has 0 aliphatic heterocycles. The Morgan fingerprint density at radius 3 is 1.70 bits per heavy atom. The minimum absolute atomic E-state index is 0.218. The molecule has 1 unspecified atom stereocenters. The minimum atomic E-state index is -0.693. The van der Waals surface area contributed by atoms with Gasteiger partial charge in [0.05, 0.1) is 19.6 Å². The zero-order valence-electron chi connectivity index (χ0n) is 18.6. The van der Waals surface area contributed by atoms with Crippen LogP contribution in [0.5, 0.6) is 0 Å². The average Bonchev–Trinajstić information content (AvgIpc) is 2.63. The van der Waals surface area contributed by atoms with Crippen LogP contribution in [0.4, 0.5) is 0 Å². The topological polar surface area (TPSA) is 57.5 Å². The summed E-state index contributed by atoms with van der Waals surface area (Å²) in [6, 6.07) is 0. The largest absolute Gasteiger partial charge is 0.481 e. The van der Waals surface area contributed by atoms with Crippen LogP contribution in [0.15, 0.2) is 0 Å². The molecule has 1 atom stereocenters. The second-order valence-corrected chi connectivity index (χ2v) is 8.46. The van der Waals surface area contributed by atoms with Gasteiger partial charge in [0.1, 0.15) is 12.6 Å². The maximum atomic E-state index is 10.8. The van der Waals surface area contributed by atoms with Crippen molar-refractivity contribution in [1.29, 1.82) is 0 Å². The molecule has 4 nitrogen and oxygen atoms in total. The van der Waals surface area contributed by atoms with Crippen LogP contribution in [0.25, 0.3) is 0 Å². The quantitative estimate of drug-likeness (QED) is 0.206. The zero-order chi connectivity index (χ0) is 20.4. The monoisotopic (exact) mass is 386 g/mol. The van der Waals surface area contributed by atoms with Crippen molar-refractivity contribution >= 4 is 5.97 Å². The molecule has 0 aromatic rings. The van der Waals surface area contributed by atoms with E-state index in [0.29, 0.717) is 0 Å². The van der Waals surface area contributed by atoms with Crippen molar-refractivity contribution in [2.45, 2.75) is 117 Å². The number of nitrogens with zero attached hydrogens (tertiary/aromatic N) is 1. The van der Waals surface area contributed by atoms with Gasteiger partial charge < -0.3 is 14.7 Å². The Bertz CT molecular complexity index is 337. The van der Waals surface area contributed by atoms with Gasteiger partial charge in [-0.3, -0.25) is 4.79 Å². The number of carboxylic acid groups (broad SMARTS) is 1. The molecule has 0 heterocycles. The molecule has 162 valence electrons. The smallest absolute Gasteiger partial charge is 0.303 e. The van der Waals surface area contributed by atoms with Crippen molar-refractivity contribution in [3.63, 3.8) is 0 Å². The van der Waals surface area contributed by atoms with E-state index in [2.05, 4.69) is 20.8 Å². The lowest BCUT2D eigenvalue weighted by Gasteiger charge is -2.41. The fraction of sp³-hybridized carbons (Fsp3) is 0.957. The number of quaternary nitrogens is 1. The predicted octanol–water partition coefficient (Wildman–Crippen LogP) is 5.77. The van der Waals surface area contributed by atoms with Crippen molar-refractivity contribution in [2.24, 2.45) is 0 Å². The van der Waals surface area contributed by atoms with Gasteiger partial charge in [-0.1, -0.05) is 59.3 Å². The first-order chi connectivity index (χ1) is 13.0. The van der Waals surface area contributed by atoms with Crippen LogP contribution >= 0.6 is 0 Å². The number of rotatable bonds is 20. The SMILES string of the molecule is CCCCCCC(O)C[N+](CCCCC)(CCCCC)CCCCC(=O)O. The highest BCUT2D eigenvalue weighted by molar-refractivity contribution is 5.66. The molecule has 0 radical (unpaired) electrons. The molecule has 0 aliphatic rings. The summed E-state index contributed by atoms with van der Waals surface area (Å²) >= 11 is 0. The number of aliphatic carboxylic acids is 1. The molecule has 0 saturated carbocycles. The third-order valence-electron chi connectivity index (χ3n) is 5.73. The van der Waals surface area contributed by atoms with E-state index in [1.165, 1.54) is 57.8 Å². The molecular weight excluding hydrogens is 338 g/mol. The predicted molar refractivity (Wildman–Crippen MR) is 115 cm³/mol. The molecule has 0 spiro atoms. The highest BCUT2D eigenvalue weighted by Gasteiger charge is 2.29. The summed E-state index contributed by atoms with van der Waals surface area (Å²) in [7, 11) is 0. The van der Waals surface area contributed by atoms with E-state index in [1.54, 1.807) is 0 Å². The lowest BCUT2D eigenvalue weighted by atomic mass is 10.0. The van der Waals surface area contributed by atoms with Crippen molar-refractivity contribution < 1.29 is 19.5 Å². The number of hydrogen-bond acceptors (Lipinski definition) is 2. The fourth-order valence-electron chi connectivity index (χ4n) is 4.07. The van der Waals surface area contributed by atoms with Crippen LogP contribution in [-0.4, -0.2) is 52.9 Å². The van der Waals surface area contributed by atoms with Gasteiger partial charge in [-0.15, -0.1) is 0 Å². The summed E-state index contributed by atoms with van der Waals surface area (Å²) in [4.78, 5) is 10.8. The zero-order valence-corrected chi connectivity index (χ0v) is 18.6. The van der Waals surface area contributed by atoms with E-state index >= 15 is 0 Å². The summed E-state index contributed by atoms with van der Waals surface area (Å²) in [5.74, 6) is -0.693. The normalized spacial score (nSPS) is 13.0. The van der Waals surface area contributed by atoms with Crippen LogP contribution in [0, 0.1) is 0 Å². The van der Waals surface area contributed by atoms with Gasteiger partial charge in [0.25, 0.3) is 0 Å². The molecule has 0 aromatic heterocycles. The van der Waals surface area contributed by atoms with E-state index in [4.69, 9.17) is 5.11 Å². The molecule has 0 saturated heterocycles. The molecular formula is C23H48NO3+. The van der Waals surface area contributed by atoms with Gasteiger partial charge >= 0.3 is 5.97 Å². The molecule has 27 heavy (non-hydrogen) atoms. The van der Waals surface area contributed by atoms with E-state index < -0.39 is 5.97 Å². The number of aliphatic hydroxyl groups is 1. The van der Waals surface area contributed by atoms with Crippen LogP contribution < -0.4 is 0 Å². The van der Waals surface area contributed by atoms with Gasteiger partial charge in [-0.2, -0.15) is 0 Å². The van der Waals surface area contributed by atoms with Gasteiger partial charge in [0.2, 0.25) is 0 Å². The number of unbranched alkanes of at least 4 members (excludes halogenated alkanes) is 8. The third-order valence-corrected chi connectivity index (χ3v) is 5.73. The number of carboxylic acids is 1. The van der Waals surface area contributed by atoms with Crippen molar-refractivity contribution in [3.8, 4) is 0 Å². The van der Waals surface area contributed by atoms with E-state index in [9.17, 15) is 9.90 Å². The second kappa shape index (κ2) is 17.5. The van der Waals surface area contributed by atoms with E-state index in [1.807, 2.05) is 0 Å². The molecule has 0 amide bonds. The lowest BCUT2D eigenvalue weighted by molar-refractivity contribution is -0.931. The molecule has 0 bridgehead atoms. The fourth-order valence-corrected chi connectivity index (χ4v) is 4.07. The molecule has 4 heteroatoms. The van der Waals surface area contributed by atoms with Crippen LogP contribution in [0.2, 0.25) is 0 Å². The summed E-state index contributed by atoms with van der Waals surface area (Å²) < 4.78 is 0.995. The highest BCUT2D eigenvalue weighted by Crippen LogP contribution is 2.19. The molecule has 0 aliphatic carbocycles. The van der Waals surface area contributed by atoms with Crippen LogP contribution in [0.3, 0.4) is 0 Å². The average molecular weight is 387 g/mol. The maximum Gasteiger partial charge on any atom is 0.303 e. The number of hydrogen-bond donors (Lipinski definition) is 2. The van der Waals surface area contributed by atoms with Gasteiger partial charge in [0.15, 0.2) is 0 Å². The van der Waals surface area contributed by atoms with E-state index in [0.717, 1.165) is 56.3 Å². The Morgan fingerprint density at radius 2 is 1.22 bits per heavy atom. The van der Waals surface area contributed by atoms with Gasteiger partial charge in [-0.05, 0) is 44.9 Å². The number of aliphatic hydroxyl groups excluding tert-OH is 1. The van der Waals surface area contributed by atoms with Crippen LogP contribution in [-0.2, 0) is 4.79 Å². The molecule has 0 fully saturated rings. The van der Waals surface area contributed by atoms with Crippen molar-refractivity contribution in [1.82, 2.24) is 0 Å². The Hall–Kier alpha value is -0.610. The Kier molecular flexibility index (Phi) is 17.1. The van der Waals surface area contributed by atoms with Gasteiger partial charge in [0, 0.05) is 6.42 Å². The standard InChI is InChI=1S/C23H47NO3/c1-4-7-10-11-16-22(25)21-24(18-13-8-5-2,19-14-9-6-3)20-15-12-17-23(26)27/h22,25H,4-21H2,1-3H3/p+1. The van der Waals surface area contributed by atoms with Crippen molar-refractivity contribution in [3.05, 3.63) is 0 Å². The van der Waals surface area contributed by atoms with Crippen molar-refractivity contribution in [2.75, 3.05) is 26.2 Å². The Labute approximate surface area is 168 Å². The molecule has 0 rings (SSSR count). The lowest BCUT2D eigenvalue weighted by Crippen LogP contribution is -2.54. The maximum absolute atomic E-state index is 10.8. The van der Waals surface area contributed by atoms with Crippen LogP contribution in [0.1, 0.15) is 111 Å². The number of carbonyl (C=O) groups is 1. The highest BCUT2D eigenvalue weighted by atomic mass is 16.4. The summed E-state index contributed by atoms with van der Waals surface area (Å²) in [5.41, 5.74) is 0. The van der Waals surface area contributed by atoms with E-state index in [-0.39, 0.29) is 12.5 Å². The first-order valence-corrected chi connectivity index (χ1v) is 11.7. The first-order valence-electron chi connectivity index (χ1n) is 11.7. The summed E-state index contributed by atoms with van der Waals surface area (Å²) in [6.07, 6.45) is 14.8. The third kappa shape index (κ3) is 15.0. The van der Waals surface area contributed by atoms with Gasteiger partial charge in [-0.25, -0.2) is 0 Å². The Morgan fingerprint density at radius 1 is 0.741 bits per heavy atom. The Balaban J connectivity index is 4.83. The summed E-state index contributed by atoms with van der Waals surface area (Å²) in [5, 5.41) is 19.7.